The zero-order valence-electron chi connectivity index (χ0n) is 14.6. The second-order valence-electron chi connectivity index (χ2n) is 5.54. The fourth-order valence-corrected chi connectivity index (χ4v) is 2.32. The van der Waals surface area contributed by atoms with Gasteiger partial charge in [-0.05, 0) is 36.4 Å². The number of para-hydroxylation sites is 1. The van der Waals surface area contributed by atoms with Crippen LogP contribution < -0.4 is 10.6 Å². The van der Waals surface area contributed by atoms with E-state index in [1.807, 2.05) is 0 Å². The van der Waals surface area contributed by atoms with Crippen LogP contribution in [0, 0.1) is 11.6 Å². The van der Waals surface area contributed by atoms with Gasteiger partial charge in [0.15, 0.2) is 11.5 Å². The molecule has 3 aromatic rings. The summed E-state index contributed by atoms with van der Waals surface area (Å²) in [7, 11) is 1.27. The Balaban J connectivity index is 1.73. The lowest BCUT2D eigenvalue weighted by Gasteiger charge is -2.10. The summed E-state index contributed by atoms with van der Waals surface area (Å²) in [5, 5.41) is 12.8. The Morgan fingerprint density at radius 3 is 2.43 bits per heavy atom. The van der Waals surface area contributed by atoms with E-state index in [0.717, 1.165) is 12.1 Å². The van der Waals surface area contributed by atoms with Crippen LogP contribution in [0.1, 0.15) is 20.8 Å². The van der Waals surface area contributed by atoms with Crippen molar-refractivity contribution < 1.29 is 23.1 Å². The summed E-state index contributed by atoms with van der Waals surface area (Å²) in [6.07, 6.45) is 0. The number of carbonyl (C=O) groups excluding carboxylic acids is 2. The number of ether oxygens (including phenoxy) is 1. The number of nitrogens with one attached hydrogen (secondary N) is 2. The summed E-state index contributed by atoms with van der Waals surface area (Å²) in [4.78, 5) is 23.9. The van der Waals surface area contributed by atoms with Crippen molar-refractivity contribution in [2.24, 2.45) is 0 Å². The van der Waals surface area contributed by atoms with Crippen LogP contribution in [0.2, 0.25) is 0 Å². The van der Waals surface area contributed by atoms with Crippen LogP contribution in [-0.2, 0) is 4.74 Å². The molecule has 0 fully saturated rings. The first kappa shape index (κ1) is 18.9. The van der Waals surface area contributed by atoms with E-state index in [4.69, 9.17) is 4.74 Å². The predicted molar refractivity (Wildman–Crippen MR) is 97.4 cm³/mol. The van der Waals surface area contributed by atoms with E-state index in [-0.39, 0.29) is 17.2 Å². The van der Waals surface area contributed by atoms with Gasteiger partial charge in [-0.1, -0.05) is 12.1 Å². The summed E-state index contributed by atoms with van der Waals surface area (Å²) < 4.78 is 31.3. The molecule has 2 N–H and O–H groups in total. The minimum atomic E-state index is -0.904. The Morgan fingerprint density at radius 1 is 0.964 bits per heavy atom. The van der Waals surface area contributed by atoms with E-state index in [2.05, 4.69) is 20.8 Å². The van der Waals surface area contributed by atoms with Gasteiger partial charge in [0.1, 0.15) is 11.6 Å². The minimum Gasteiger partial charge on any atom is -0.465 e. The Bertz CT molecular complexity index is 1030. The van der Waals surface area contributed by atoms with Gasteiger partial charge in [0.2, 0.25) is 0 Å². The number of amides is 1. The van der Waals surface area contributed by atoms with E-state index < -0.39 is 23.5 Å². The highest BCUT2D eigenvalue weighted by Gasteiger charge is 2.14. The number of nitrogens with zero attached hydrogens (tertiary/aromatic N) is 2. The van der Waals surface area contributed by atoms with Gasteiger partial charge in [0.05, 0.1) is 24.0 Å². The lowest BCUT2D eigenvalue weighted by atomic mass is 10.2. The van der Waals surface area contributed by atoms with Crippen molar-refractivity contribution in [3.63, 3.8) is 0 Å². The summed E-state index contributed by atoms with van der Waals surface area (Å²) in [5.74, 6) is -2.61. The van der Waals surface area contributed by atoms with Crippen molar-refractivity contribution in [2.45, 2.75) is 0 Å². The second-order valence-corrected chi connectivity index (χ2v) is 5.54. The van der Waals surface area contributed by atoms with E-state index >= 15 is 0 Å². The predicted octanol–water partition coefficient (Wildman–Crippen LogP) is 3.54. The average molecular weight is 384 g/mol. The maximum absolute atomic E-state index is 13.6. The SMILES string of the molecule is COC(=O)c1ccccc1Nc1ccc(C(=O)Nc2ccc(F)cc2F)nn1. The number of benzene rings is 2. The largest absolute Gasteiger partial charge is 0.465 e. The number of carbonyl (C=O) groups is 2. The third-order valence-electron chi connectivity index (χ3n) is 3.67. The molecule has 0 spiro atoms. The van der Waals surface area contributed by atoms with Crippen LogP contribution in [-0.4, -0.2) is 29.2 Å². The monoisotopic (exact) mass is 384 g/mol. The molecule has 0 saturated heterocycles. The Kier molecular flexibility index (Phi) is 5.54. The lowest BCUT2D eigenvalue weighted by Crippen LogP contribution is -2.15. The standard InChI is InChI=1S/C19H14F2N4O3/c1-28-19(27)12-4-2-3-5-14(12)22-17-9-8-16(24-25-17)18(26)23-15-7-6-11(20)10-13(15)21/h2-10H,1H3,(H,22,25)(H,23,26). The van der Waals surface area contributed by atoms with E-state index in [1.54, 1.807) is 24.3 Å². The van der Waals surface area contributed by atoms with Crippen molar-refractivity contribution >= 4 is 29.1 Å². The van der Waals surface area contributed by atoms with Crippen molar-refractivity contribution in [1.82, 2.24) is 10.2 Å². The normalized spacial score (nSPS) is 10.2. The molecule has 1 amide bonds. The summed E-state index contributed by atoms with van der Waals surface area (Å²) in [6, 6.07) is 12.3. The van der Waals surface area contributed by atoms with E-state index in [1.165, 1.54) is 19.2 Å². The zero-order chi connectivity index (χ0) is 20.1. The number of hydrogen-bond donors (Lipinski definition) is 2. The van der Waals surface area contributed by atoms with Crippen LogP contribution in [0.25, 0.3) is 0 Å². The fraction of sp³-hybridized carbons (Fsp3) is 0.0526. The number of esters is 1. The molecule has 3 rings (SSSR count). The van der Waals surface area contributed by atoms with Crippen molar-refractivity contribution in [1.29, 1.82) is 0 Å². The van der Waals surface area contributed by atoms with E-state index in [9.17, 15) is 18.4 Å². The molecule has 0 saturated carbocycles. The highest BCUT2D eigenvalue weighted by atomic mass is 19.1. The van der Waals surface area contributed by atoms with Gasteiger partial charge in [-0.3, -0.25) is 4.79 Å². The average Bonchev–Trinajstić information content (AvgIpc) is 2.70. The number of halogens is 2. The van der Waals surface area contributed by atoms with Gasteiger partial charge in [0, 0.05) is 6.07 Å². The third-order valence-corrected chi connectivity index (χ3v) is 3.67. The fourth-order valence-electron chi connectivity index (χ4n) is 2.32. The Hall–Kier alpha value is -3.88. The molecular formula is C19H14F2N4O3. The van der Waals surface area contributed by atoms with Gasteiger partial charge < -0.3 is 15.4 Å². The number of methoxy groups -OCH3 is 1. The molecule has 0 bridgehead atoms. The highest BCUT2D eigenvalue weighted by molar-refractivity contribution is 6.03. The number of anilines is 3. The van der Waals surface area contributed by atoms with Crippen molar-refractivity contribution in [3.05, 3.63) is 77.5 Å². The molecule has 9 heteroatoms. The maximum atomic E-state index is 13.6. The second kappa shape index (κ2) is 8.21. The maximum Gasteiger partial charge on any atom is 0.339 e. The molecule has 2 aromatic carbocycles. The van der Waals surface area contributed by atoms with Crippen LogP contribution in [0.5, 0.6) is 0 Å². The molecule has 0 aliphatic rings. The van der Waals surface area contributed by atoms with Gasteiger partial charge in [0.25, 0.3) is 5.91 Å². The van der Waals surface area contributed by atoms with Gasteiger partial charge >= 0.3 is 5.97 Å². The molecule has 1 heterocycles. The highest BCUT2D eigenvalue weighted by Crippen LogP contribution is 2.20. The van der Waals surface area contributed by atoms with Gasteiger partial charge in [-0.15, -0.1) is 10.2 Å². The first-order valence-electron chi connectivity index (χ1n) is 8.02. The molecule has 1 aromatic heterocycles. The lowest BCUT2D eigenvalue weighted by molar-refractivity contribution is 0.0601. The van der Waals surface area contributed by atoms with Gasteiger partial charge in [-0.2, -0.15) is 0 Å². The molecular weight excluding hydrogens is 370 g/mol. The number of aromatic nitrogens is 2. The molecule has 142 valence electrons. The third kappa shape index (κ3) is 4.26. The number of hydrogen-bond acceptors (Lipinski definition) is 6. The van der Waals surface area contributed by atoms with E-state index in [0.29, 0.717) is 17.3 Å². The van der Waals surface area contributed by atoms with Gasteiger partial charge in [-0.25, -0.2) is 13.6 Å². The quantitative estimate of drug-likeness (QED) is 0.654. The van der Waals surface area contributed by atoms with Crippen LogP contribution in [0.4, 0.5) is 26.0 Å². The van der Waals surface area contributed by atoms with Crippen LogP contribution >= 0.6 is 0 Å². The van der Waals surface area contributed by atoms with Crippen LogP contribution in [0.15, 0.2) is 54.6 Å². The molecule has 0 radical (unpaired) electrons. The first-order chi connectivity index (χ1) is 13.5. The van der Waals surface area contributed by atoms with Crippen LogP contribution in [0.3, 0.4) is 0 Å². The molecule has 28 heavy (non-hydrogen) atoms. The molecule has 7 nitrogen and oxygen atoms in total. The summed E-state index contributed by atoms with van der Waals surface area (Å²) in [5.41, 5.74) is 0.507. The molecule has 0 unspecified atom stereocenters. The van der Waals surface area contributed by atoms with Crippen molar-refractivity contribution in [3.8, 4) is 0 Å². The molecule has 0 aliphatic heterocycles. The van der Waals surface area contributed by atoms with Crippen molar-refractivity contribution in [2.75, 3.05) is 17.7 Å². The first-order valence-corrected chi connectivity index (χ1v) is 8.02. The number of rotatable bonds is 5. The Morgan fingerprint density at radius 2 is 1.75 bits per heavy atom. The summed E-state index contributed by atoms with van der Waals surface area (Å²) in [6.45, 7) is 0. The molecule has 0 atom stereocenters. The smallest absolute Gasteiger partial charge is 0.339 e. The topological polar surface area (TPSA) is 93.2 Å². The summed E-state index contributed by atoms with van der Waals surface area (Å²) >= 11 is 0. The molecule has 0 aliphatic carbocycles. The minimum absolute atomic E-state index is 0.0736. The Labute approximate surface area is 158 Å². The zero-order valence-corrected chi connectivity index (χ0v) is 14.6.